The van der Waals surface area contributed by atoms with Gasteiger partial charge in [-0.05, 0) is 30.2 Å². The van der Waals surface area contributed by atoms with Crippen LogP contribution >= 0.6 is 11.6 Å². The number of aromatic nitrogens is 1. The van der Waals surface area contributed by atoms with Gasteiger partial charge in [0.1, 0.15) is 10.6 Å². The summed E-state index contributed by atoms with van der Waals surface area (Å²) in [6, 6.07) is 8.55. The van der Waals surface area contributed by atoms with Gasteiger partial charge in [-0.25, -0.2) is 8.42 Å². The van der Waals surface area contributed by atoms with Crippen molar-refractivity contribution in [2.45, 2.75) is 38.1 Å². The van der Waals surface area contributed by atoms with Crippen LogP contribution in [0.4, 0.5) is 0 Å². The molecule has 0 bridgehead atoms. The Bertz CT molecular complexity index is 887. The second-order valence-electron chi connectivity index (χ2n) is 6.25. The zero-order valence-electron chi connectivity index (χ0n) is 16.1. The van der Waals surface area contributed by atoms with E-state index in [2.05, 4.69) is 5.32 Å². The zero-order chi connectivity index (χ0) is 20.2. The Morgan fingerprint density at radius 2 is 1.78 bits per heavy atom. The molecule has 1 atom stereocenters. The van der Waals surface area contributed by atoms with Crippen molar-refractivity contribution < 1.29 is 13.2 Å². The van der Waals surface area contributed by atoms with E-state index < -0.39 is 10.0 Å². The third kappa shape index (κ3) is 4.72. The molecule has 0 saturated heterocycles. The van der Waals surface area contributed by atoms with E-state index in [0.717, 1.165) is 5.56 Å². The van der Waals surface area contributed by atoms with Gasteiger partial charge >= 0.3 is 0 Å². The standard InChI is InChI=1S/C19H26ClN3O3S/c1-5-17(14-8-10-15(20)11-9-14)21-19(24)18-12-16(13-22(18)4)27(25,26)23(6-2)7-3/h8-13,17H,5-7H2,1-4H3,(H,21,24). The summed E-state index contributed by atoms with van der Waals surface area (Å²) in [6.45, 7) is 6.30. The molecule has 0 fully saturated rings. The van der Waals surface area contributed by atoms with Crippen LogP contribution in [-0.2, 0) is 17.1 Å². The van der Waals surface area contributed by atoms with Crippen molar-refractivity contribution in [1.82, 2.24) is 14.2 Å². The molecule has 1 heterocycles. The molecule has 1 aromatic carbocycles. The molecule has 0 aliphatic carbocycles. The SMILES string of the molecule is CCC(NC(=O)c1cc(S(=O)(=O)N(CC)CC)cn1C)c1ccc(Cl)cc1. The Morgan fingerprint density at radius 1 is 1.19 bits per heavy atom. The zero-order valence-corrected chi connectivity index (χ0v) is 17.6. The minimum Gasteiger partial charge on any atom is -0.345 e. The van der Waals surface area contributed by atoms with Crippen molar-refractivity contribution in [3.63, 3.8) is 0 Å². The number of halogens is 1. The highest BCUT2D eigenvalue weighted by Crippen LogP contribution is 2.22. The Balaban J connectivity index is 2.26. The Morgan fingerprint density at radius 3 is 2.30 bits per heavy atom. The summed E-state index contributed by atoms with van der Waals surface area (Å²) >= 11 is 5.93. The molecular weight excluding hydrogens is 386 g/mol. The number of benzene rings is 1. The number of nitrogens with zero attached hydrogens (tertiary/aromatic N) is 2. The van der Waals surface area contributed by atoms with Gasteiger partial charge in [0.2, 0.25) is 10.0 Å². The summed E-state index contributed by atoms with van der Waals surface area (Å²) in [7, 11) is -1.94. The van der Waals surface area contributed by atoms with Crippen LogP contribution in [-0.4, -0.2) is 36.3 Å². The molecule has 1 N–H and O–H groups in total. The van der Waals surface area contributed by atoms with Crippen LogP contribution in [0.2, 0.25) is 5.02 Å². The van der Waals surface area contributed by atoms with Crippen LogP contribution in [0, 0.1) is 0 Å². The van der Waals surface area contributed by atoms with Crippen molar-refractivity contribution in [2.24, 2.45) is 7.05 Å². The average Bonchev–Trinajstić information content (AvgIpc) is 3.04. The molecule has 0 aliphatic heterocycles. The Hall–Kier alpha value is -1.83. The summed E-state index contributed by atoms with van der Waals surface area (Å²) in [5.74, 6) is -0.319. The fraction of sp³-hybridized carbons (Fsp3) is 0.421. The van der Waals surface area contributed by atoms with Crippen LogP contribution < -0.4 is 5.32 Å². The van der Waals surface area contributed by atoms with Gasteiger partial charge in [-0.2, -0.15) is 4.31 Å². The highest BCUT2D eigenvalue weighted by atomic mass is 35.5. The average molecular weight is 412 g/mol. The summed E-state index contributed by atoms with van der Waals surface area (Å²) in [4.78, 5) is 12.9. The molecule has 1 unspecified atom stereocenters. The molecule has 2 aromatic rings. The molecule has 6 nitrogen and oxygen atoms in total. The number of hydrogen-bond donors (Lipinski definition) is 1. The molecule has 8 heteroatoms. The fourth-order valence-corrected chi connectivity index (χ4v) is 4.62. The molecular formula is C19H26ClN3O3S. The lowest BCUT2D eigenvalue weighted by Crippen LogP contribution is -2.30. The molecule has 0 radical (unpaired) electrons. The first-order chi connectivity index (χ1) is 12.7. The van der Waals surface area contributed by atoms with E-state index in [1.165, 1.54) is 16.6 Å². The Kier molecular flexibility index (Phi) is 7.08. The number of carbonyl (C=O) groups is 1. The lowest BCUT2D eigenvalue weighted by atomic mass is 10.0. The third-order valence-electron chi connectivity index (χ3n) is 4.54. The first-order valence-electron chi connectivity index (χ1n) is 8.97. The first kappa shape index (κ1) is 21.5. The smallest absolute Gasteiger partial charge is 0.268 e. The number of aryl methyl sites for hydroxylation is 1. The van der Waals surface area contributed by atoms with Gasteiger partial charge in [-0.15, -0.1) is 0 Å². The molecule has 0 saturated carbocycles. The lowest BCUT2D eigenvalue weighted by Gasteiger charge is -2.18. The summed E-state index contributed by atoms with van der Waals surface area (Å²) in [5.41, 5.74) is 1.24. The van der Waals surface area contributed by atoms with Crippen LogP contribution in [0.5, 0.6) is 0 Å². The van der Waals surface area contributed by atoms with Gasteiger partial charge in [0.05, 0.1) is 6.04 Å². The van der Waals surface area contributed by atoms with E-state index in [4.69, 9.17) is 11.6 Å². The van der Waals surface area contributed by atoms with E-state index in [9.17, 15) is 13.2 Å². The van der Waals surface area contributed by atoms with E-state index in [-0.39, 0.29) is 16.8 Å². The maximum atomic E-state index is 12.8. The molecule has 0 aliphatic rings. The second-order valence-corrected chi connectivity index (χ2v) is 8.62. The number of nitrogens with one attached hydrogen (secondary N) is 1. The fourth-order valence-electron chi connectivity index (χ4n) is 2.96. The topological polar surface area (TPSA) is 71.4 Å². The van der Waals surface area contributed by atoms with E-state index in [1.54, 1.807) is 37.6 Å². The maximum absolute atomic E-state index is 12.8. The van der Waals surface area contributed by atoms with Crippen molar-refractivity contribution in [3.05, 3.63) is 52.8 Å². The summed E-state index contributed by atoms with van der Waals surface area (Å²) in [5, 5.41) is 3.60. The van der Waals surface area contributed by atoms with Gasteiger partial charge in [0, 0.05) is 31.4 Å². The molecule has 1 amide bonds. The number of carbonyl (C=O) groups excluding carboxylic acids is 1. The largest absolute Gasteiger partial charge is 0.345 e. The normalized spacial score (nSPS) is 13.0. The monoisotopic (exact) mass is 411 g/mol. The molecule has 27 heavy (non-hydrogen) atoms. The molecule has 1 aromatic heterocycles. The number of rotatable bonds is 8. The van der Waals surface area contributed by atoms with Gasteiger partial charge in [0.25, 0.3) is 5.91 Å². The minimum absolute atomic E-state index is 0.124. The summed E-state index contributed by atoms with van der Waals surface area (Å²) in [6.07, 6.45) is 2.17. The molecule has 2 rings (SSSR count). The van der Waals surface area contributed by atoms with Crippen LogP contribution in [0.3, 0.4) is 0 Å². The van der Waals surface area contributed by atoms with Crippen molar-refractivity contribution in [1.29, 1.82) is 0 Å². The predicted octanol–water partition coefficient (Wildman–Crippen LogP) is 3.59. The number of amides is 1. The van der Waals surface area contributed by atoms with Crippen molar-refractivity contribution >= 4 is 27.5 Å². The number of hydrogen-bond acceptors (Lipinski definition) is 3. The van der Waals surface area contributed by atoms with Crippen molar-refractivity contribution in [2.75, 3.05) is 13.1 Å². The Labute approximate surface area is 166 Å². The lowest BCUT2D eigenvalue weighted by molar-refractivity contribution is 0.0927. The molecule has 0 spiro atoms. The van der Waals surface area contributed by atoms with Gasteiger partial charge in [-0.3, -0.25) is 4.79 Å². The summed E-state index contributed by atoms with van der Waals surface area (Å²) < 4.78 is 28.3. The minimum atomic E-state index is -3.61. The number of sulfonamides is 1. The first-order valence-corrected chi connectivity index (χ1v) is 10.8. The maximum Gasteiger partial charge on any atom is 0.268 e. The third-order valence-corrected chi connectivity index (χ3v) is 6.81. The highest BCUT2D eigenvalue weighted by Gasteiger charge is 2.26. The van der Waals surface area contributed by atoms with Gasteiger partial charge in [0.15, 0.2) is 0 Å². The van der Waals surface area contributed by atoms with Crippen LogP contribution in [0.25, 0.3) is 0 Å². The second kappa shape index (κ2) is 8.91. The predicted molar refractivity (Wildman–Crippen MR) is 107 cm³/mol. The van der Waals surface area contributed by atoms with Crippen LogP contribution in [0.15, 0.2) is 41.4 Å². The van der Waals surface area contributed by atoms with Gasteiger partial charge < -0.3 is 9.88 Å². The van der Waals surface area contributed by atoms with E-state index in [0.29, 0.717) is 30.2 Å². The van der Waals surface area contributed by atoms with E-state index >= 15 is 0 Å². The van der Waals surface area contributed by atoms with E-state index in [1.807, 2.05) is 19.1 Å². The van der Waals surface area contributed by atoms with Crippen LogP contribution in [0.1, 0.15) is 49.3 Å². The quantitative estimate of drug-likeness (QED) is 0.721. The van der Waals surface area contributed by atoms with Crippen molar-refractivity contribution in [3.8, 4) is 0 Å². The van der Waals surface area contributed by atoms with Gasteiger partial charge in [-0.1, -0.05) is 44.5 Å². The highest BCUT2D eigenvalue weighted by molar-refractivity contribution is 7.89. The molecule has 148 valence electrons.